The van der Waals surface area contributed by atoms with Crippen LogP contribution in [0.3, 0.4) is 0 Å². The zero-order chi connectivity index (χ0) is 14.9. The summed E-state index contributed by atoms with van der Waals surface area (Å²) >= 11 is 5.62. The largest absolute Gasteiger partial charge is 0.395 e. The molecule has 0 atom stereocenters. The molecule has 20 heavy (non-hydrogen) atoms. The summed E-state index contributed by atoms with van der Waals surface area (Å²) in [7, 11) is 0. The maximum absolute atomic E-state index is 12.0. The molecular formula is C13H12BrIN2O3. The predicted octanol–water partition coefficient (Wildman–Crippen LogP) is 2.02. The van der Waals surface area contributed by atoms with Crippen molar-refractivity contribution in [3.05, 3.63) is 37.5 Å². The van der Waals surface area contributed by atoms with Crippen LogP contribution in [0.25, 0.3) is 0 Å². The van der Waals surface area contributed by atoms with E-state index in [0.29, 0.717) is 0 Å². The van der Waals surface area contributed by atoms with Crippen LogP contribution < -0.4 is 5.32 Å². The Morgan fingerprint density at radius 2 is 2.10 bits per heavy atom. The highest BCUT2D eigenvalue weighted by atomic mass is 127. The van der Waals surface area contributed by atoms with E-state index in [2.05, 4.69) is 43.8 Å². The second kappa shape index (κ2) is 6.23. The molecule has 1 aliphatic heterocycles. The number of imide groups is 1. The lowest BCUT2D eigenvalue weighted by Crippen LogP contribution is -2.34. The van der Waals surface area contributed by atoms with Crippen LogP contribution in [0.4, 0.5) is 5.69 Å². The lowest BCUT2D eigenvalue weighted by atomic mass is 10.2. The minimum Gasteiger partial charge on any atom is -0.395 e. The highest BCUT2D eigenvalue weighted by Gasteiger charge is 2.30. The molecule has 2 rings (SSSR count). The number of rotatable bonds is 4. The second-order valence-electron chi connectivity index (χ2n) is 4.24. The summed E-state index contributed by atoms with van der Waals surface area (Å²) in [6.07, 6.45) is 1.26. The van der Waals surface area contributed by atoms with Crippen LogP contribution in [0.5, 0.6) is 0 Å². The average Bonchev–Trinajstić information content (AvgIpc) is 2.67. The fourth-order valence-corrected chi connectivity index (χ4v) is 3.12. The molecule has 0 saturated heterocycles. The second-order valence-corrected chi connectivity index (χ2v) is 6.17. The standard InChI is InChI=1S/C13H12BrIN2O3/c1-7-8(14)2-3-9(12(7)15)16-10-6-11(19)17(4-5-18)13(10)20/h2-3,6,16,18H,4-5H2,1H3. The van der Waals surface area contributed by atoms with E-state index in [-0.39, 0.29) is 18.8 Å². The third-order valence-electron chi connectivity index (χ3n) is 2.92. The maximum Gasteiger partial charge on any atom is 0.277 e. The topological polar surface area (TPSA) is 69.6 Å². The van der Waals surface area contributed by atoms with Gasteiger partial charge in [0.15, 0.2) is 0 Å². The number of aliphatic hydroxyl groups is 1. The Morgan fingerprint density at radius 1 is 1.40 bits per heavy atom. The molecule has 2 amide bonds. The smallest absolute Gasteiger partial charge is 0.277 e. The third-order valence-corrected chi connectivity index (χ3v) is 5.17. The summed E-state index contributed by atoms with van der Waals surface area (Å²) in [4.78, 5) is 24.7. The van der Waals surface area contributed by atoms with Gasteiger partial charge in [0.1, 0.15) is 5.70 Å². The van der Waals surface area contributed by atoms with Crippen molar-refractivity contribution in [3.63, 3.8) is 0 Å². The summed E-state index contributed by atoms with van der Waals surface area (Å²) in [5.74, 6) is -0.823. The van der Waals surface area contributed by atoms with Gasteiger partial charge in [0.05, 0.1) is 18.8 Å². The molecule has 1 aliphatic rings. The molecule has 0 radical (unpaired) electrons. The Bertz CT molecular complexity index is 616. The van der Waals surface area contributed by atoms with Crippen molar-refractivity contribution in [2.45, 2.75) is 6.92 Å². The van der Waals surface area contributed by atoms with Gasteiger partial charge in [0.2, 0.25) is 0 Å². The lowest BCUT2D eigenvalue weighted by Gasteiger charge is -2.15. The van der Waals surface area contributed by atoms with E-state index in [9.17, 15) is 9.59 Å². The van der Waals surface area contributed by atoms with Gasteiger partial charge in [-0.05, 0) is 47.2 Å². The van der Waals surface area contributed by atoms with Gasteiger partial charge in [-0.3, -0.25) is 14.5 Å². The Labute approximate surface area is 138 Å². The van der Waals surface area contributed by atoms with E-state index in [1.807, 2.05) is 19.1 Å². The number of nitrogens with zero attached hydrogens (tertiary/aromatic N) is 1. The average molecular weight is 451 g/mol. The number of halogens is 2. The Kier molecular flexibility index (Phi) is 4.82. The van der Waals surface area contributed by atoms with Crippen LogP contribution in [0, 0.1) is 10.5 Å². The van der Waals surface area contributed by atoms with E-state index in [0.717, 1.165) is 24.2 Å². The molecule has 1 aromatic carbocycles. The molecule has 0 unspecified atom stereocenters. The number of anilines is 1. The fourth-order valence-electron chi connectivity index (χ4n) is 1.81. The van der Waals surface area contributed by atoms with E-state index < -0.39 is 11.8 Å². The number of carbonyl (C=O) groups excluding carboxylic acids is 2. The summed E-state index contributed by atoms with van der Waals surface area (Å²) in [6.45, 7) is 1.73. The van der Waals surface area contributed by atoms with Crippen molar-refractivity contribution in [3.8, 4) is 0 Å². The summed E-state index contributed by atoms with van der Waals surface area (Å²) in [5, 5.41) is 11.8. The number of hydrogen-bond acceptors (Lipinski definition) is 4. The molecule has 0 aliphatic carbocycles. The molecular weight excluding hydrogens is 439 g/mol. The first-order valence-corrected chi connectivity index (χ1v) is 7.73. The van der Waals surface area contributed by atoms with Crippen molar-refractivity contribution in [1.29, 1.82) is 0 Å². The van der Waals surface area contributed by atoms with Crippen molar-refractivity contribution in [2.75, 3.05) is 18.5 Å². The first-order valence-electron chi connectivity index (χ1n) is 5.85. The van der Waals surface area contributed by atoms with Gasteiger partial charge in [-0.15, -0.1) is 0 Å². The van der Waals surface area contributed by atoms with Gasteiger partial charge in [0.25, 0.3) is 11.8 Å². The van der Waals surface area contributed by atoms with Gasteiger partial charge in [-0.1, -0.05) is 15.9 Å². The number of amides is 2. The van der Waals surface area contributed by atoms with Crippen LogP contribution in [-0.4, -0.2) is 35.0 Å². The monoisotopic (exact) mass is 450 g/mol. The summed E-state index contributed by atoms with van der Waals surface area (Å²) in [5.41, 5.74) is 2.05. The summed E-state index contributed by atoms with van der Waals surface area (Å²) < 4.78 is 1.95. The minimum atomic E-state index is -0.416. The molecule has 0 saturated carbocycles. The molecule has 1 heterocycles. The predicted molar refractivity (Wildman–Crippen MR) is 87.1 cm³/mol. The van der Waals surface area contributed by atoms with E-state index >= 15 is 0 Å². The number of β-amino-alcohol motifs (C(OH)–C–C–N with tert-alkyl or cyclic N) is 1. The zero-order valence-electron chi connectivity index (χ0n) is 10.6. The zero-order valence-corrected chi connectivity index (χ0v) is 14.4. The molecule has 0 bridgehead atoms. The first kappa shape index (κ1) is 15.5. The normalized spacial score (nSPS) is 14.8. The first-order chi connectivity index (χ1) is 9.45. The minimum absolute atomic E-state index is 0.00973. The molecule has 106 valence electrons. The molecule has 1 aromatic rings. The number of nitrogens with one attached hydrogen (secondary N) is 1. The van der Waals surface area contributed by atoms with Crippen LogP contribution >= 0.6 is 38.5 Å². The van der Waals surface area contributed by atoms with Gasteiger partial charge in [-0.2, -0.15) is 0 Å². The van der Waals surface area contributed by atoms with Gasteiger partial charge in [-0.25, -0.2) is 0 Å². The van der Waals surface area contributed by atoms with E-state index in [1.54, 1.807) is 0 Å². The molecule has 2 N–H and O–H groups in total. The van der Waals surface area contributed by atoms with Crippen LogP contribution in [0.15, 0.2) is 28.4 Å². The van der Waals surface area contributed by atoms with E-state index in [4.69, 9.17) is 5.11 Å². The number of aliphatic hydroxyl groups excluding tert-OH is 1. The van der Waals surface area contributed by atoms with Gasteiger partial charge < -0.3 is 10.4 Å². The number of carbonyl (C=O) groups is 2. The Hall–Kier alpha value is -0.930. The number of benzene rings is 1. The Balaban J connectivity index is 2.24. The SMILES string of the molecule is Cc1c(Br)ccc(NC2=CC(=O)N(CCO)C2=O)c1I. The fraction of sp³-hybridized carbons (Fsp3) is 0.231. The molecule has 0 fully saturated rings. The molecule has 0 spiro atoms. The molecule has 5 nitrogen and oxygen atoms in total. The van der Waals surface area contributed by atoms with Crippen LogP contribution in [-0.2, 0) is 9.59 Å². The van der Waals surface area contributed by atoms with Crippen molar-refractivity contribution in [1.82, 2.24) is 4.90 Å². The highest BCUT2D eigenvalue weighted by Crippen LogP contribution is 2.29. The summed E-state index contributed by atoms with van der Waals surface area (Å²) in [6, 6.07) is 3.72. The third kappa shape index (κ3) is 2.89. The van der Waals surface area contributed by atoms with Gasteiger partial charge in [0, 0.05) is 14.1 Å². The van der Waals surface area contributed by atoms with Crippen molar-refractivity contribution < 1.29 is 14.7 Å². The van der Waals surface area contributed by atoms with Crippen molar-refractivity contribution in [2.24, 2.45) is 0 Å². The highest BCUT2D eigenvalue weighted by molar-refractivity contribution is 14.1. The van der Waals surface area contributed by atoms with Crippen LogP contribution in [0.1, 0.15) is 5.56 Å². The van der Waals surface area contributed by atoms with Crippen LogP contribution in [0.2, 0.25) is 0 Å². The number of hydrogen-bond donors (Lipinski definition) is 2. The quantitative estimate of drug-likeness (QED) is 0.544. The van der Waals surface area contributed by atoms with Crippen molar-refractivity contribution >= 4 is 56.0 Å². The molecule has 0 aromatic heterocycles. The maximum atomic E-state index is 12.0. The van der Waals surface area contributed by atoms with E-state index in [1.165, 1.54) is 6.08 Å². The Morgan fingerprint density at radius 3 is 2.75 bits per heavy atom. The van der Waals surface area contributed by atoms with Gasteiger partial charge >= 0.3 is 0 Å². The molecule has 7 heteroatoms. The lowest BCUT2D eigenvalue weighted by molar-refractivity contribution is -0.137.